The fourth-order valence-electron chi connectivity index (χ4n) is 2.93. The summed E-state index contributed by atoms with van der Waals surface area (Å²) in [4.78, 5) is 7.19. The lowest BCUT2D eigenvalue weighted by Gasteiger charge is -2.19. The molecule has 3 rings (SSSR count). The zero-order chi connectivity index (χ0) is 13.5. The van der Waals surface area contributed by atoms with E-state index in [1.54, 1.807) is 0 Å². The fourth-order valence-corrected chi connectivity index (χ4v) is 2.93. The molecule has 100 valence electrons. The smallest absolute Gasteiger partial charge is 0.0726 e. The fraction of sp³-hybridized carbons (Fsp3) is 0.438. The van der Waals surface area contributed by atoms with Crippen LogP contribution in [0.15, 0.2) is 30.3 Å². The van der Waals surface area contributed by atoms with Crippen LogP contribution in [-0.2, 0) is 6.54 Å². The van der Waals surface area contributed by atoms with E-state index in [9.17, 15) is 0 Å². The molecular weight excluding hydrogens is 234 g/mol. The van der Waals surface area contributed by atoms with Crippen LogP contribution in [0.5, 0.6) is 0 Å². The van der Waals surface area contributed by atoms with E-state index in [2.05, 4.69) is 18.7 Å². The van der Waals surface area contributed by atoms with Crippen LogP contribution >= 0.6 is 0 Å². The van der Waals surface area contributed by atoms with Crippen LogP contribution in [0.25, 0.3) is 10.9 Å². The van der Waals surface area contributed by atoms with Gasteiger partial charge in [-0.2, -0.15) is 0 Å². The van der Waals surface area contributed by atoms with E-state index in [1.165, 1.54) is 6.42 Å². The molecule has 1 aromatic heterocycles. The van der Waals surface area contributed by atoms with Gasteiger partial charge in [0.05, 0.1) is 11.2 Å². The van der Waals surface area contributed by atoms with E-state index < -0.39 is 0 Å². The summed E-state index contributed by atoms with van der Waals surface area (Å²) in [5.41, 5.74) is 9.47. The highest BCUT2D eigenvalue weighted by Gasteiger charge is 2.29. The molecule has 1 aliphatic heterocycles. The molecular formula is C16H21N3. The average Bonchev–Trinajstić information content (AvgIpc) is 2.69. The molecule has 3 nitrogen and oxygen atoms in total. The Labute approximate surface area is 114 Å². The zero-order valence-electron chi connectivity index (χ0n) is 11.7. The van der Waals surface area contributed by atoms with Crippen molar-refractivity contribution < 1.29 is 0 Å². The van der Waals surface area contributed by atoms with E-state index in [0.29, 0.717) is 5.41 Å². The number of fused-ring (bicyclic) bond motifs is 1. The second kappa shape index (κ2) is 4.49. The third-order valence-corrected chi connectivity index (χ3v) is 3.94. The Morgan fingerprint density at radius 1 is 1.32 bits per heavy atom. The second-order valence-corrected chi connectivity index (χ2v) is 6.34. The highest BCUT2D eigenvalue weighted by Crippen LogP contribution is 2.30. The summed E-state index contributed by atoms with van der Waals surface area (Å²) < 4.78 is 0. The van der Waals surface area contributed by atoms with Gasteiger partial charge in [0.2, 0.25) is 0 Å². The lowest BCUT2D eigenvalue weighted by Crippen LogP contribution is -2.23. The summed E-state index contributed by atoms with van der Waals surface area (Å²) in [6.45, 7) is 7.85. The number of anilines is 1. The van der Waals surface area contributed by atoms with Crippen LogP contribution in [-0.4, -0.2) is 23.0 Å². The summed E-state index contributed by atoms with van der Waals surface area (Å²) in [6.07, 6.45) is 1.26. The Morgan fingerprint density at radius 2 is 2.11 bits per heavy atom. The van der Waals surface area contributed by atoms with Crippen molar-refractivity contribution in [1.82, 2.24) is 9.88 Å². The van der Waals surface area contributed by atoms with Crippen molar-refractivity contribution in [3.05, 3.63) is 36.0 Å². The summed E-state index contributed by atoms with van der Waals surface area (Å²) in [6, 6.07) is 10.1. The number of aromatic nitrogens is 1. The zero-order valence-corrected chi connectivity index (χ0v) is 11.7. The molecule has 0 spiro atoms. The molecule has 1 fully saturated rings. The predicted octanol–water partition coefficient (Wildman–Crippen LogP) is 3.05. The van der Waals surface area contributed by atoms with E-state index in [0.717, 1.165) is 41.9 Å². The number of rotatable bonds is 2. The Hall–Kier alpha value is -1.61. The molecule has 0 unspecified atom stereocenters. The van der Waals surface area contributed by atoms with E-state index in [4.69, 9.17) is 10.7 Å². The Balaban J connectivity index is 1.86. The molecule has 1 saturated heterocycles. The number of nitrogen functional groups attached to an aromatic ring is 1. The number of benzene rings is 1. The molecule has 1 aromatic carbocycles. The first-order chi connectivity index (χ1) is 9.03. The number of nitrogens with two attached hydrogens (primary N) is 1. The van der Waals surface area contributed by atoms with Gasteiger partial charge in [-0.05, 0) is 30.5 Å². The standard InChI is InChI=1S/C16H21N3/c1-16(2)7-8-19(11-16)10-12-9-14(17)13-5-3-4-6-15(13)18-12/h3-6,9H,7-8,10-11H2,1-2H3,(H2,17,18). The van der Waals surface area contributed by atoms with Crippen molar-refractivity contribution >= 4 is 16.6 Å². The highest BCUT2D eigenvalue weighted by atomic mass is 15.2. The van der Waals surface area contributed by atoms with Gasteiger partial charge in [0.15, 0.2) is 0 Å². The van der Waals surface area contributed by atoms with Gasteiger partial charge in [-0.15, -0.1) is 0 Å². The molecule has 0 atom stereocenters. The third-order valence-electron chi connectivity index (χ3n) is 3.94. The Bertz CT molecular complexity index is 604. The van der Waals surface area contributed by atoms with Gasteiger partial charge >= 0.3 is 0 Å². The molecule has 0 aliphatic carbocycles. The van der Waals surface area contributed by atoms with Gasteiger partial charge in [-0.3, -0.25) is 9.88 Å². The number of likely N-dealkylation sites (tertiary alicyclic amines) is 1. The first-order valence-corrected chi connectivity index (χ1v) is 6.90. The van der Waals surface area contributed by atoms with Crippen molar-refractivity contribution in [3.63, 3.8) is 0 Å². The quantitative estimate of drug-likeness (QED) is 0.896. The molecule has 1 aliphatic rings. The van der Waals surface area contributed by atoms with E-state index in [1.807, 2.05) is 30.3 Å². The summed E-state index contributed by atoms with van der Waals surface area (Å²) in [7, 11) is 0. The summed E-state index contributed by atoms with van der Waals surface area (Å²) in [5.74, 6) is 0. The van der Waals surface area contributed by atoms with Crippen LogP contribution in [0, 0.1) is 5.41 Å². The van der Waals surface area contributed by atoms with Gasteiger partial charge < -0.3 is 5.73 Å². The average molecular weight is 255 g/mol. The monoisotopic (exact) mass is 255 g/mol. The lowest BCUT2D eigenvalue weighted by molar-refractivity contribution is 0.282. The van der Waals surface area contributed by atoms with Crippen molar-refractivity contribution in [2.75, 3.05) is 18.8 Å². The summed E-state index contributed by atoms with van der Waals surface area (Å²) in [5, 5.41) is 1.05. The van der Waals surface area contributed by atoms with Crippen LogP contribution in [0.2, 0.25) is 0 Å². The number of nitrogens with zero attached hydrogens (tertiary/aromatic N) is 2. The maximum atomic E-state index is 6.13. The molecule has 0 amide bonds. The number of hydrogen-bond acceptors (Lipinski definition) is 3. The second-order valence-electron chi connectivity index (χ2n) is 6.34. The predicted molar refractivity (Wildman–Crippen MR) is 79.8 cm³/mol. The van der Waals surface area contributed by atoms with Gasteiger partial charge in [0.25, 0.3) is 0 Å². The molecule has 0 saturated carbocycles. The van der Waals surface area contributed by atoms with E-state index >= 15 is 0 Å². The molecule has 2 aromatic rings. The van der Waals surface area contributed by atoms with Crippen LogP contribution < -0.4 is 5.73 Å². The number of para-hydroxylation sites is 1. The minimum Gasteiger partial charge on any atom is -0.398 e. The minimum atomic E-state index is 0.433. The van der Waals surface area contributed by atoms with Crippen LogP contribution in [0.4, 0.5) is 5.69 Å². The van der Waals surface area contributed by atoms with Crippen LogP contribution in [0.3, 0.4) is 0 Å². The topological polar surface area (TPSA) is 42.1 Å². The van der Waals surface area contributed by atoms with Gasteiger partial charge in [0.1, 0.15) is 0 Å². The van der Waals surface area contributed by atoms with Crippen molar-refractivity contribution in [2.45, 2.75) is 26.8 Å². The van der Waals surface area contributed by atoms with Gasteiger partial charge in [-0.1, -0.05) is 32.0 Å². The Kier molecular flexibility index (Phi) is 2.94. The number of hydrogen-bond donors (Lipinski definition) is 1. The summed E-state index contributed by atoms with van der Waals surface area (Å²) >= 11 is 0. The molecule has 0 radical (unpaired) electrons. The molecule has 0 bridgehead atoms. The SMILES string of the molecule is CC1(C)CCN(Cc2cc(N)c3ccccc3n2)C1. The molecule has 3 heteroatoms. The van der Waals surface area contributed by atoms with Crippen molar-refractivity contribution in [3.8, 4) is 0 Å². The number of pyridine rings is 1. The molecule has 2 N–H and O–H groups in total. The largest absolute Gasteiger partial charge is 0.398 e. The Morgan fingerprint density at radius 3 is 2.84 bits per heavy atom. The third kappa shape index (κ3) is 2.56. The maximum Gasteiger partial charge on any atom is 0.0726 e. The lowest BCUT2D eigenvalue weighted by atomic mass is 9.93. The first kappa shape index (κ1) is 12.4. The maximum absolute atomic E-state index is 6.13. The normalized spacial score (nSPS) is 19.1. The van der Waals surface area contributed by atoms with Crippen molar-refractivity contribution in [2.24, 2.45) is 5.41 Å². The first-order valence-electron chi connectivity index (χ1n) is 6.90. The molecule has 19 heavy (non-hydrogen) atoms. The minimum absolute atomic E-state index is 0.433. The van der Waals surface area contributed by atoms with Gasteiger partial charge in [0, 0.05) is 24.2 Å². The van der Waals surface area contributed by atoms with E-state index in [-0.39, 0.29) is 0 Å². The molecule has 2 heterocycles. The van der Waals surface area contributed by atoms with Crippen LogP contribution in [0.1, 0.15) is 26.0 Å². The van der Waals surface area contributed by atoms with Gasteiger partial charge in [-0.25, -0.2) is 0 Å². The van der Waals surface area contributed by atoms with Crippen molar-refractivity contribution in [1.29, 1.82) is 0 Å². The highest BCUT2D eigenvalue weighted by molar-refractivity contribution is 5.90.